The zero-order valence-corrected chi connectivity index (χ0v) is 16.2. The molecule has 2 rings (SSSR count). The van der Waals surface area contributed by atoms with Crippen molar-refractivity contribution in [2.45, 2.75) is 19.4 Å². The number of aliphatic hydroxyl groups excluding tert-OH is 1. The molecule has 0 aromatic heterocycles. The van der Waals surface area contributed by atoms with Crippen molar-refractivity contribution in [2.24, 2.45) is 0 Å². The number of carbonyl (C=O) groups excluding carboxylic acids is 2. The average Bonchev–Trinajstić information content (AvgIpc) is 2.72. The van der Waals surface area contributed by atoms with Crippen molar-refractivity contribution >= 4 is 11.9 Å². The minimum Gasteiger partial charge on any atom is -0.493 e. The molecule has 0 aliphatic rings. The summed E-state index contributed by atoms with van der Waals surface area (Å²) in [5.74, 6) is -0.229. The number of hydrogen-bond donors (Lipinski definition) is 2. The first-order valence-corrected chi connectivity index (χ1v) is 8.81. The minimum absolute atomic E-state index is 0.183. The fourth-order valence-corrected chi connectivity index (χ4v) is 2.56. The molecule has 7 heteroatoms. The Labute approximate surface area is 164 Å². The number of aryl methyl sites for hydroxylation is 1. The lowest BCUT2D eigenvalue weighted by Gasteiger charge is -2.17. The molecule has 150 valence electrons. The molecule has 1 amide bonds. The van der Waals surface area contributed by atoms with Gasteiger partial charge in [0.05, 0.1) is 26.9 Å². The van der Waals surface area contributed by atoms with Gasteiger partial charge in [0.25, 0.3) is 5.91 Å². The number of hydrogen-bond acceptors (Lipinski definition) is 6. The molecule has 2 aromatic rings. The lowest BCUT2D eigenvalue weighted by Crippen LogP contribution is -2.39. The predicted octanol–water partition coefficient (Wildman–Crippen LogP) is 1.89. The van der Waals surface area contributed by atoms with Gasteiger partial charge in [-0.05, 0) is 37.1 Å². The molecular weight excluding hydrogens is 362 g/mol. The largest absolute Gasteiger partial charge is 0.493 e. The molecule has 0 heterocycles. The molecule has 28 heavy (non-hydrogen) atoms. The van der Waals surface area contributed by atoms with Crippen LogP contribution >= 0.6 is 0 Å². The second-order valence-corrected chi connectivity index (χ2v) is 6.27. The highest BCUT2D eigenvalue weighted by molar-refractivity contribution is 5.95. The van der Waals surface area contributed by atoms with E-state index in [-0.39, 0.29) is 19.1 Å². The van der Waals surface area contributed by atoms with Gasteiger partial charge in [-0.3, -0.25) is 4.79 Å². The van der Waals surface area contributed by atoms with E-state index in [0.29, 0.717) is 23.5 Å². The average molecular weight is 387 g/mol. The summed E-state index contributed by atoms with van der Waals surface area (Å²) in [4.78, 5) is 23.8. The van der Waals surface area contributed by atoms with Gasteiger partial charge < -0.3 is 24.6 Å². The van der Waals surface area contributed by atoms with Crippen molar-refractivity contribution in [3.05, 3.63) is 59.2 Å². The Morgan fingerprint density at radius 3 is 2.39 bits per heavy atom. The van der Waals surface area contributed by atoms with Gasteiger partial charge in [-0.2, -0.15) is 0 Å². The van der Waals surface area contributed by atoms with Gasteiger partial charge >= 0.3 is 5.97 Å². The van der Waals surface area contributed by atoms with Crippen LogP contribution in [0, 0.1) is 6.92 Å². The molecule has 0 aliphatic heterocycles. The number of ether oxygens (including phenoxy) is 3. The van der Waals surface area contributed by atoms with Crippen LogP contribution in [-0.2, 0) is 16.0 Å². The van der Waals surface area contributed by atoms with Gasteiger partial charge in [-0.15, -0.1) is 0 Å². The molecule has 1 atom stereocenters. The summed E-state index contributed by atoms with van der Waals surface area (Å²) in [6.07, 6.45) is 0.514. The number of aliphatic hydroxyl groups is 1. The second kappa shape index (κ2) is 10.3. The van der Waals surface area contributed by atoms with E-state index in [9.17, 15) is 14.7 Å². The maximum atomic E-state index is 12.6. The fourth-order valence-electron chi connectivity index (χ4n) is 2.56. The number of nitrogens with one attached hydrogen (secondary N) is 1. The number of benzene rings is 2. The van der Waals surface area contributed by atoms with Crippen LogP contribution in [0.2, 0.25) is 0 Å². The zero-order chi connectivity index (χ0) is 20.5. The topological polar surface area (TPSA) is 94.1 Å². The molecule has 0 saturated carbocycles. The quantitative estimate of drug-likeness (QED) is 0.638. The van der Waals surface area contributed by atoms with E-state index in [0.717, 1.165) is 11.1 Å². The van der Waals surface area contributed by atoms with Crippen LogP contribution in [0.4, 0.5) is 0 Å². The van der Waals surface area contributed by atoms with Crippen LogP contribution in [0.25, 0.3) is 0 Å². The first-order valence-electron chi connectivity index (χ1n) is 8.81. The summed E-state index contributed by atoms with van der Waals surface area (Å²) in [5.41, 5.74) is 2.52. The van der Waals surface area contributed by atoms with E-state index in [2.05, 4.69) is 10.1 Å². The Bertz CT molecular complexity index is 803. The van der Waals surface area contributed by atoms with Crippen LogP contribution in [0.15, 0.2) is 42.5 Å². The maximum absolute atomic E-state index is 12.6. The molecule has 0 spiro atoms. The number of esters is 1. The third-order valence-corrected chi connectivity index (χ3v) is 4.16. The van der Waals surface area contributed by atoms with Crippen molar-refractivity contribution < 1.29 is 28.9 Å². The smallest absolute Gasteiger partial charge is 0.343 e. The molecule has 2 aromatic carbocycles. The van der Waals surface area contributed by atoms with Crippen molar-refractivity contribution in [2.75, 3.05) is 27.4 Å². The Morgan fingerprint density at radius 2 is 1.79 bits per heavy atom. The molecule has 0 fully saturated rings. The van der Waals surface area contributed by atoms with Crippen molar-refractivity contribution in [3.8, 4) is 11.5 Å². The standard InChI is InChI=1S/C21H25NO6/c1-14-4-6-15(7-5-14)10-17(12-23)22-21(25)16-8-9-18(19(11-16)26-2)28-13-20(24)27-3/h4-9,11,17,23H,10,12-13H2,1-3H3,(H,22,25)/t17-/m1/s1. The van der Waals surface area contributed by atoms with E-state index in [1.165, 1.54) is 20.3 Å². The van der Waals surface area contributed by atoms with Crippen LogP contribution in [0.1, 0.15) is 21.5 Å². The van der Waals surface area contributed by atoms with Crippen molar-refractivity contribution in [3.63, 3.8) is 0 Å². The van der Waals surface area contributed by atoms with Crippen LogP contribution in [0.3, 0.4) is 0 Å². The van der Waals surface area contributed by atoms with Crippen LogP contribution in [-0.4, -0.2) is 50.5 Å². The Balaban J connectivity index is 2.05. The lowest BCUT2D eigenvalue weighted by molar-refractivity contribution is -0.142. The van der Waals surface area contributed by atoms with E-state index in [1.54, 1.807) is 12.1 Å². The van der Waals surface area contributed by atoms with Gasteiger partial charge in [0.1, 0.15) is 0 Å². The first kappa shape index (κ1) is 21.2. The van der Waals surface area contributed by atoms with E-state index in [4.69, 9.17) is 9.47 Å². The van der Waals surface area contributed by atoms with E-state index in [1.807, 2.05) is 31.2 Å². The van der Waals surface area contributed by atoms with Crippen molar-refractivity contribution in [1.82, 2.24) is 5.32 Å². The SMILES string of the molecule is COC(=O)COc1ccc(C(=O)N[C@@H](CO)Cc2ccc(C)cc2)cc1OC. The van der Waals surface area contributed by atoms with Gasteiger partial charge in [-0.1, -0.05) is 29.8 Å². The number of amides is 1. The summed E-state index contributed by atoms with van der Waals surface area (Å²) in [7, 11) is 2.71. The minimum atomic E-state index is -0.522. The van der Waals surface area contributed by atoms with E-state index < -0.39 is 12.0 Å². The third-order valence-electron chi connectivity index (χ3n) is 4.16. The summed E-state index contributed by atoms with van der Waals surface area (Å²) >= 11 is 0. The second-order valence-electron chi connectivity index (χ2n) is 6.27. The summed E-state index contributed by atoms with van der Waals surface area (Å²) in [6, 6.07) is 12.1. The van der Waals surface area contributed by atoms with Gasteiger partial charge in [0.15, 0.2) is 18.1 Å². The molecule has 2 N–H and O–H groups in total. The lowest BCUT2D eigenvalue weighted by atomic mass is 10.0. The monoisotopic (exact) mass is 387 g/mol. The van der Waals surface area contributed by atoms with Gasteiger partial charge in [-0.25, -0.2) is 4.79 Å². The molecule has 7 nitrogen and oxygen atoms in total. The summed E-state index contributed by atoms with van der Waals surface area (Å²) in [6.45, 7) is 1.56. The molecular formula is C21H25NO6. The molecule has 0 bridgehead atoms. The normalized spacial score (nSPS) is 11.4. The Hall–Kier alpha value is -3.06. The molecule has 0 saturated heterocycles. The number of methoxy groups -OCH3 is 2. The summed E-state index contributed by atoms with van der Waals surface area (Å²) < 4.78 is 15.1. The highest BCUT2D eigenvalue weighted by Crippen LogP contribution is 2.28. The highest BCUT2D eigenvalue weighted by Gasteiger charge is 2.16. The number of rotatable bonds is 9. The molecule has 0 radical (unpaired) electrons. The summed E-state index contributed by atoms with van der Waals surface area (Å²) in [5, 5.41) is 12.4. The van der Waals surface area contributed by atoms with Crippen molar-refractivity contribution in [1.29, 1.82) is 0 Å². The zero-order valence-electron chi connectivity index (χ0n) is 16.2. The van der Waals surface area contributed by atoms with Crippen LogP contribution in [0.5, 0.6) is 11.5 Å². The van der Waals surface area contributed by atoms with E-state index >= 15 is 0 Å². The van der Waals surface area contributed by atoms with Gasteiger partial charge in [0.2, 0.25) is 0 Å². The molecule has 0 unspecified atom stereocenters. The van der Waals surface area contributed by atoms with Crippen LogP contribution < -0.4 is 14.8 Å². The first-order chi connectivity index (χ1) is 13.5. The third kappa shape index (κ3) is 5.99. The predicted molar refractivity (Wildman–Crippen MR) is 104 cm³/mol. The Morgan fingerprint density at radius 1 is 1.07 bits per heavy atom. The maximum Gasteiger partial charge on any atom is 0.343 e. The number of carbonyl (C=O) groups is 2. The van der Waals surface area contributed by atoms with Gasteiger partial charge in [0, 0.05) is 5.56 Å². The Kier molecular flexibility index (Phi) is 7.83. The highest BCUT2D eigenvalue weighted by atomic mass is 16.6. The molecule has 0 aliphatic carbocycles. The fraction of sp³-hybridized carbons (Fsp3) is 0.333.